The Balaban J connectivity index is 0.000000963. The maximum atomic E-state index is 5.94. The van der Waals surface area contributed by atoms with Crippen LogP contribution in [0.1, 0.15) is 0 Å². The van der Waals surface area contributed by atoms with E-state index in [9.17, 15) is 0 Å². The van der Waals surface area contributed by atoms with E-state index in [0.717, 1.165) is 21.2 Å². The van der Waals surface area contributed by atoms with Gasteiger partial charge in [-0.15, -0.1) is 28.3 Å². The van der Waals surface area contributed by atoms with Crippen LogP contribution in [0, 0.1) is 0 Å². The Hall–Kier alpha value is -0.840. The van der Waals surface area contributed by atoms with Crippen molar-refractivity contribution in [3.05, 3.63) is 47.1 Å². The van der Waals surface area contributed by atoms with Gasteiger partial charge in [0.15, 0.2) is 4.96 Å². The van der Waals surface area contributed by atoms with Gasteiger partial charge in [-0.05, 0) is 12.1 Å². The molecule has 3 aromatic rings. The molecule has 0 aliphatic rings. The molecule has 0 saturated heterocycles. The normalized spacial score (nSPS) is 10.3. The molecule has 0 amide bonds. The molecule has 0 unspecified atom stereocenters. The molecule has 0 radical (unpaired) electrons. The molecule has 0 aliphatic carbocycles. The van der Waals surface area contributed by atoms with Gasteiger partial charge in [0.25, 0.3) is 0 Å². The first-order chi connectivity index (χ1) is 7.33. The zero-order valence-corrected chi connectivity index (χ0v) is 11.4. The minimum atomic E-state index is 0. The first-order valence-corrected chi connectivity index (χ1v) is 5.77. The summed E-state index contributed by atoms with van der Waals surface area (Å²) in [7, 11) is 0. The predicted molar refractivity (Wildman–Crippen MR) is 73.8 cm³/mol. The maximum Gasteiger partial charge on any atom is 0.194 e. The van der Waals surface area contributed by atoms with Crippen LogP contribution >= 0.6 is 39.9 Å². The van der Waals surface area contributed by atoms with Gasteiger partial charge in [-0.25, -0.2) is 4.98 Å². The fraction of sp³-hybridized carbons (Fsp3) is 0. The number of aromatic nitrogens is 2. The number of thiazole rings is 1. The lowest BCUT2D eigenvalue weighted by Crippen LogP contribution is -1.76. The fourth-order valence-electron chi connectivity index (χ4n) is 1.51. The lowest BCUT2D eigenvalue weighted by atomic mass is 10.2. The lowest BCUT2D eigenvalue weighted by Gasteiger charge is -1.95. The molecule has 1 aromatic carbocycles. The van der Waals surface area contributed by atoms with Gasteiger partial charge < -0.3 is 0 Å². The number of hydrogen-bond donors (Lipinski definition) is 0. The molecule has 0 spiro atoms. The van der Waals surface area contributed by atoms with Gasteiger partial charge in [0.05, 0.1) is 5.69 Å². The van der Waals surface area contributed by atoms with Crippen LogP contribution in [0.4, 0.5) is 0 Å². The average molecular weight is 316 g/mol. The molecular weight excluding hydrogens is 308 g/mol. The highest BCUT2D eigenvalue weighted by atomic mass is 79.9. The minimum Gasteiger partial charge on any atom is -0.297 e. The molecule has 2 nitrogen and oxygen atoms in total. The third kappa shape index (κ3) is 2.00. The summed E-state index contributed by atoms with van der Waals surface area (Å²) < 4.78 is 2.01. The number of halogens is 2. The largest absolute Gasteiger partial charge is 0.297 e. The van der Waals surface area contributed by atoms with E-state index in [-0.39, 0.29) is 17.0 Å². The van der Waals surface area contributed by atoms with Crippen molar-refractivity contribution in [2.75, 3.05) is 0 Å². The van der Waals surface area contributed by atoms with Crippen molar-refractivity contribution in [1.82, 2.24) is 9.38 Å². The summed E-state index contributed by atoms with van der Waals surface area (Å²) >= 11 is 7.56. The molecule has 0 bridgehead atoms. The van der Waals surface area contributed by atoms with Crippen molar-refractivity contribution in [3.63, 3.8) is 0 Å². The van der Waals surface area contributed by atoms with Crippen LogP contribution in [0.15, 0.2) is 42.0 Å². The average Bonchev–Trinajstić information content (AvgIpc) is 2.76. The Morgan fingerprint density at radius 3 is 2.94 bits per heavy atom. The first kappa shape index (κ1) is 11.6. The summed E-state index contributed by atoms with van der Waals surface area (Å²) in [6, 6.07) is 7.74. The number of nitrogens with zero attached hydrogens (tertiary/aromatic N) is 2. The molecular formula is C11H8BrClN2S. The van der Waals surface area contributed by atoms with Gasteiger partial charge in [0.1, 0.15) is 0 Å². The summed E-state index contributed by atoms with van der Waals surface area (Å²) in [5.41, 5.74) is 2.02. The van der Waals surface area contributed by atoms with E-state index in [2.05, 4.69) is 4.98 Å². The molecule has 0 atom stereocenters. The number of rotatable bonds is 1. The monoisotopic (exact) mass is 314 g/mol. The summed E-state index contributed by atoms with van der Waals surface area (Å²) in [5, 5.41) is 2.76. The Bertz CT molecular complexity index is 589. The number of fused-ring (bicyclic) bond motifs is 1. The predicted octanol–water partition coefficient (Wildman–Crippen LogP) is 4.29. The Kier molecular flexibility index (Phi) is 3.33. The smallest absolute Gasteiger partial charge is 0.194 e. The fourth-order valence-corrected chi connectivity index (χ4v) is 2.40. The quantitative estimate of drug-likeness (QED) is 0.654. The first-order valence-electron chi connectivity index (χ1n) is 4.51. The highest BCUT2D eigenvalue weighted by Crippen LogP contribution is 2.23. The van der Waals surface area contributed by atoms with Crippen LogP contribution in [-0.4, -0.2) is 9.38 Å². The molecule has 0 aliphatic heterocycles. The van der Waals surface area contributed by atoms with Gasteiger partial charge in [0, 0.05) is 28.4 Å². The van der Waals surface area contributed by atoms with E-state index >= 15 is 0 Å². The Morgan fingerprint density at radius 1 is 1.31 bits per heavy atom. The SMILES string of the molecule is Br.Clc1cccc(-c2cn3ccsc3n2)c1. The molecule has 5 heteroatoms. The lowest BCUT2D eigenvalue weighted by molar-refractivity contribution is 1.23. The van der Waals surface area contributed by atoms with Crippen LogP contribution in [0.2, 0.25) is 5.02 Å². The van der Waals surface area contributed by atoms with E-state index in [1.165, 1.54) is 0 Å². The van der Waals surface area contributed by atoms with Crippen LogP contribution in [0.3, 0.4) is 0 Å². The second-order valence-electron chi connectivity index (χ2n) is 3.23. The van der Waals surface area contributed by atoms with Crippen LogP contribution < -0.4 is 0 Å². The van der Waals surface area contributed by atoms with Gasteiger partial charge in [-0.2, -0.15) is 0 Å². The number of hydrogen-bond acceptors (Lipinski definition) is 2. The topological polar surface area (TPSA) is 17.3 Å². The zero-order chi connectivity index (χ0) is 10.3. The highest BCUT2D eigenvalue weighted by molar-refractivity contribution is 8.93. The third-order valence-corrected chi connectivity index (χ3v) is 3.22. The van der Waals surface area contributed by atoms with Crippen LogP contribution in [0.5, 0.6) is 0 Å². The van der Waals surface area contributed by atoms with Gasteiger partial charge in [0.2, 0.25) is 0 Å². The van der Waals surface area contributed by atoms with Crippen molar-refractivity contribution in [3.8, 4) is 11.3 Å². The Labute approximate surface area is 112 Å². The zero-order valence-electron chi connectivity index (χ0n) is 8.13. The Morgan fingerprint density at radius 2 is 2.19 bits per heavy atom. The van der Waals surface area contributed by atoms with Crippen molar-refractivity contribution in [2.45, 2.75) is 0 Å². The van der Waals surface area contributed by atoms with Crippen molar-refractivity contribution in [1.29, 1.82) is 0 Å². The summed E-state index contributed by atoms with van der Waals surface area (Å²) in [5.74, 6) is 0. The number of imidazole rings is 1. The van der Waals surface area contributed by atoms with Crippen LogP contribution in [-0.2, 0) is 0 Å². The van der Waals surface area contributed by atoms with Crippen molar-refractivity contribution < 1.29 is 0 Å². The highest BCUT2D eigenvalue weighted by Gasteiger charge is 2.04. The second kappa shape index (κ2) is 4.57. The van der Waals surface area contributed by atoms with E-state index in [1.807, 2.05) is 46.4 Å². The van der Waals surface area contributed by atoms with Gasteiger partial charge >= 0.3 is 0 Å². The second-order valence-corrected chi connectivity index (χ2v) is 4.54. The van der Waals surface area contributed by atoms with E-state index in [1.54, 1.807) is 11.3 Å². The standard InChI is InChI=1S/C11H7ClN2S.BrH/c12-9-3-1-2-8(6-9)10-7-14-4-5-15-11(14)13-10;/h1-7H;1H. The summed E-state index contributed by atoms with van der Waals surface area (Å²) in [6.07, 6.45) is 4.01. The summed E-state index contributed by atoms with van der Waals surface area (Å²) in [4.78, 5) is 5.51. The molecule has 2 aromatic heterocycles. The maximum absolute atomic E-state index is 5.94. The van der Waals surface area contributed by atoms with Crippen molar-refractivity contribution in [2.24, 2.45) is 0 Å². The molecule has 2 heterocycles. The van der Waals surface area contributed by atoms with Gasteiger partial charge in [-0.3, -0.25) is 4.40 Å². The third-order valence-electron chi connectivity index (χ3n) is 2.21. The molecule has 82 valence electrons. The molecule has 0 saturated carbocycles. The van der Waals surface area contributed by atoms with Crippen molar-refractivity contribution >= 4 is 44.9 Å². The van der Waals surface area contributed by atoms with E-state index < -0.39 is 0 Å². The molecule has 16 heavy (non-hydrogen) atoms. The molecule has 3 rings (SSSR count). The van der Waals surface area contributed by atoms with E-state index in [4.69, 9.17) is 11.6 Å². The minimum absolute atomic E-state index is 0. The summed E-state index contributed by atoms with van der Waals surface area (Å²) in [6.45, 7) is 0. The van der Waals surface area contributed by atoms with Crippen LogP contribution in [0.25, 0.3) is 16.2 Å². The molecule has 0 N–H and O–H groups in total. The van der Waals surface area contributed by atoms with E-state index in [0.29, 0.717) is 0 Å². The number of benzene rings is 1. The van der Waals surface area contributed by atoms with Gasteiger partial charge in [-0.1, -0.05) is 23.7 Å². The molecule has 0 fully saturated rings.